The molecule has 0 amide bonds. The van der Waals surface area contributed by atoms with Gasteiger partial charge in [0.1, 0.15) is 0 Å². The number of hydrogen-bond donors (Lipinski definition) is 0. The normalized spacial score (nSPS) is 19.9. The molecule has 1 atom stereocenters. The van der Waals surface area contributed by atoms with Gasteiger partial charge in [0.25, 0.3) is 0 Å². The maximum atomic E-state index is 5.93. The average molecular weight is 333 g/mol. The van der Waals surface area contributed by atoms with Gasteiger partial charge in [0.15, 0.2) is 0 Å². The Bertz CT molecular complexity index is 561. The second-order valence-electron chi connectivity index (χ2n) is 4.98. The van der Waals surface area contributed by atoms with Crippen LogP contribution >= 0.6 is 15.9 Å². The van der Waals surface area contributed by atoms with Gasteiger partial charge in [-0.25, -0.2) is 0 Å². The zero-order valence-corrected chi connectivity index (χ0v) is 12.8. The van der Waals surface area contributed by atoms with Gasteiger partial charge in [0.05, 0.1) is 12.7 Å². The van der Waals surface area contributed by atoms with E-state index in [9.17, 15) is 0 Å². The molecule has 0 N–H and O–H groups in total. The van der Waals surface area contributed by atoms with E-state index in [0.29, 0.717) is 0 Å². The standard InChI is InChI=1S/C16H17BrN2O/c17-15-6-2-1-5-14(15)16-12-19(8-9-20-16)11-13-4-3-7-18-10-13/h1-7,10,16H,8-9,11-12H2/t16-/m1/s1. The van der Waals surface area contributed by atoms with Crippen molar-refractivity contribution in [1.29, 1.82) is 0 Å². The van der Waals surface area contributed by atoms with Crippen molar-refractivity contribution in [3.05, 3.63) is 64.4 Å². The van der Waals surface area contributed by atoms with E-state index < -0.39 is 0 Å². The number of hydrogen-bond acceptors (Lipinski definition) is 3. The van der Waals surface area contributed by atoms with E-state index >= 15 is 0 Å². The summed E-state index contributed by atoms with van der Waals surface area (Å²) in [5.74, 6) is 0. The fourth-order valence-corrected chi connectivity index (χ4v) is 3.06. The largest absolute Gasteiger partial charge is 0.371 e. The summed E-state index contributed by atoms with van der Waals surface area (Å²) in [6.45, 7) is 3.58. The Morgan fingerprint density at radius 2 is 2.15 bits per heavy atom. The van der Waals surface area contributed by atoms with E-state index in [1.165, 1.54) is 11.1 Å². The van der Waals surface area contributed by atoms with Gasteiger partial charge in [-0.05, 0) is 23.3 Å². The molecule has 4 heteroatoms. The third kappa shape index (κ3) is 3.26. The van der Waals surface area contributed by atoms with Crippen molar-refractivity contribution in [2.24, 2.45) is 0 Å². The summed E-state index contributed by atoms with van der Waals surface area (Å²) >= 11 is 3.61. The average Bonchev–Trinajstić information content (AvgIpc) is 2.49. The first-order chi connectivity index (χ1) is 9.83. The Balaban J connectivity index is 1.69. The predicted octanol–water partition coefficient (Wildman–Crippen LogP) is 3.42. The number of nitrogens with zero attached hydrogens (tertiary/aromatic N) is 2. The molecule has 1 fully saturated rings. The SMILES string of the molecule is Brc1ccccc1[C@H]1CN(Cc2cccnc2)CCO1. The van der Waals surface area contributed by atoms with Crippen LogP contribution in [0.25, 0.3) is 0 Å². The highest BCUT2D eigenvalue weighted by atomic mass is 79.9. The third-order valence-corrected chi connectivity index (χ3v) is 4.25. The van der Waals surface area contributed by atoms with Crippen molar-refractivity contribution in [2.45, 2.75) is 12.6 Å². The highest BCUT2D eigenvalue weighted by Gasteiger charge is 2.23. The molecular formula is C16H17BrN2O. The molecule has 2 aromatic rings. The van der Waals surface area contributed by atoms with Crippen LogP contribution in [-0.4, -0.2) is 29.6 Å². The first kappa shape index (κ1) is 13.7. The van der Waals surface area contributed by atoms with Crippen LogP contribution in [-0.2, 0) is 11.3 Å². The molecule has 3 rings (SSSR count). The van der Waals surface area contributed by atoms with Crippen LogP contribution in [0.1, 0.15) is 17.2 Å². The number of aromatic nitrogens is 1. The van der Waals surface area contributed by atoms with Crippen LogP contribution in [0.3, 0.4) is 0 Å². The molecule has 0 bridgehead atoms. The lowest BCUT2D eigenvalue weighted by atomic mass is 10.1. The minimum atomic E-state index is 0.135. The Morgan fingerprint density at radius 3 is 2.95 bits per heavy atom. The van der Waals surface area contributed by atoms with Gasteiger partial charge in [-0.15, -0.1) is 0 Å². The molecule has 0 unspecified atom stereocenters. The maximum absolute atomic E-state index is 5.93. The van der Waals surface area contributed by atoms with Crippen LogP contribution < -0.4 is 0 Å². The van der Waals surface area contributed by atoms with Crippen molar-refractivity contribution in [3.8, 4) is 0 Å². The first-order valence-electron chi connectivity index (χ1n) is 6.80. The molecule has 0 radical (unpaired) electrons. The minimum absolute atomic E-state index is 0.135. The molecule has 20 heavy (non-hydrogen) atoms. The fraction of sp³-hybridized carbons (Fsp3) is 0.312. The molecule has 0 saturated carbocycles. The second-order valence-corrected chi connectivity index (χ2v) is 5.83. The van der Waals surface area contributed by atoms with Gasteiger partial charge in [-0.2, -0.15) is 0 Å². The van der Waals surface area contributed by atoms with E-state index in [2.05, 4.69) is 50.1 Å². The highest BCUT2D eigenvalue weighted by molar-refractivity contribution is 9.10. The predicted molar refractivity (Wildman–Crippen MR) is 82.3 cm³/mol. The molecule has 0 aliphatic carbocycles. The molecule has 1 aliphatic heterocycles. The Hall–Kier alpha value is -1.23. The van der Waals surface area contributed by atoms with Gasteiger partial charge < -0.3 is 4.74 Å². The number of halogens is 1. The Labute approximate surface area is 127 Å². The third-order valence-electron chi connectivity index (χ3n) is 3.53. The quantitative estimate of drug-likeness (QED) is 0.861. The van der Waals surface area contributed by atoms with Crippen LogP contribution in [0.4, 0.5) is 0 Å². The van der Waals surface area contributed by atoms with Crippen molar-refractivity contribution < 1.29 is 4.74 Å². The zero-order valence-electron chi connectivity index (χ0n) is 11.2. The summed E-state index contributed by atoms with van der Waals surface area (Å²) in [5.41, 5.74) is 2.48. The van der Waals surface area contributed by atoms with Gasteiger partial charge in [0, 0.05) is 36.5 Å². The van der Waals surface area contributed by atoms with Crippen LogP contribution in [0, 0.1) is 0 Å². The second kappa shape index (κ2) is 6.48. The molecule has 1 saturated heterocycles. The summed E-state index contributed by atoms with van der Waals surface area (Å²) in [7, 11) is 0. The summed E-state index contributed by atoms with van der Waals surface area (Å²) in [6, 6.07) is 12.4. The molecule has 104 valence electrons. The highest BCUT2D eigenvalue weighted by Crippen LogP contribution is 2.28. The van der Waals surface area contributed by atoms with Crippen molar-refractivity contribution in [3.63, 3.8) is 0 Å². The summed E-state index contributed by atoms with van der Waals surface area (Å²) in [5, 5.41) is 0. The monoisotopic (exact) mass is 332 g/mol. The van der Waals surface area contributed by atoms with Crippen LogP contribution in [0.15, 0.2) is 53.3 Å². The van der Waals surface area contributed by atoms with Crippen LogP contribution in [0.2, 0.25) is 0 Å². The zero-order chi connectivity index (χ0) is 13.8. The number of rotatable bonds is 3. The molecular weight excluding hydrogens is 316 g/mol. The Kier molecular flexibility index (Phi) is 4.45. The lowest BCUT2D eigenvalue weighted by Gasteiger charge is -2.33. The molecule has 1 aromatic carbocycles. The number of morpholine rings is 1. The van der Waals surface area contributed by atoms with Crippen LogP contribution in [0.5, 0.6) is 0 Å². The Morgan fingerprint density at radius 1 is 1.25 bits per heavy atom. The van der Waals surface area contributed by atoms with E-state index in [4.69, 9.17) is 4.74 Å². The van der Waals surface area contributed by atoms with E-state index in [1.807, 2.05) is 24.5 Å². The number of benzene rings is 1. The van der Waals surface area contributed by atoms with Crippen molar-refractivity contribution >= 4 is 15.9 Å². The smallest absolute Gasteiger partial charge is 0.0963 e. The molecule has 1 aliphatic rings. The van der Waals surface area contributed by atoms with E-state index in [0.717, 1.165) is 30.7 Å². The molecule has 3 nitrogen and oxygen atoms in total. The lowest BCUT2D eigenvalue weighted by molar-refractivity contribution is -0.0332. The summed E-state index contributed by atoms with van der Waals surface area (Å²) < 4.78 is 7.04. The van der Waals surface area contributed by atoms with E-state index in [-0.39, 0.29) is 6.10 Å². The van der Waals surface area contributed by atoms with Gasteiger partial charge >= 0.3 is 0 Å². The molecule has 0 spiro atoms. The van der Waals surface area contributed by atoms with Crippen molar-refractivity contribution in [2.75, 3.05) is 19.7 Å². The number of ether oxygens (including phenoxy) is 1. The summed E-state index contributed by atoms with van der Waals surface area (Å²) in [4.78, 5) is 6.60. The van der Waals surface area contributed by atoms with Crippen molar-refractivity contribution in [1.82, 2.24) is 9.88 Å². The minimum Gasteiger partial charge on any atom is -0.371 e. The van der Waals surface area contributed by atoms with Gasteiger partial charge in [-0.3, -0.25) is 9.88 Å². The maximum Gasteiger partial charge on any atom is 0.0963 e. The van der Waals surface area contributed by atoms with E-state index in [1.54, 1.807) is 0 Å². The molecule has 2 heterocycles. The lowest BCUT2D eigenvalue weighted by Crippen LogP contribution is -2.37. The first-order valence-corrected chi connectivity index (χ1v) is 7.59. The van der Waals surface area contributed by atoms with Gasteiger partial charge in [-0.1, -0.05) is 40.2 Å². The molecule has 1 aromatic heterocycles. The fourth-order valence-electron chi connectivity index (χ4n) is 2.52. The number of pyridine rings is 1. The topological polar surface area (TPSA) is 25.4 Å². The van der Waals surface area contributed by atoms with Gasteiger partial charge in [0.2, 0.25) is 0 Å². The summed E-state index contributed by atoms with van der Waals surface area (Å²) in [6.07, 6.45) is 3.88.